The molecule has 122 valence electrons. The SMILES string of the molecule is CC1CCN(CCCNC(=O)COc2ccccc2Cl)CC1. The summed E-state index contributed by atoms with van der Waals surface area (Å²) in [6.07, 6.45) is 3.56. The fourth-order valence-corrected chi connectivity index (χ4v) is 2.76. The second-order valence-corrected chi connectivity index (χ2v) is 6.35. The smallest absolute Gasteiger partial charge is 0.257 e. The summed E-state index contributed by atoms with van der Waals surface area (Å²) < 4.78 is 5.40. The van der Waals surface area contributed by atoms with E-state index in [9.17, 15) is 4.79 Å². The fourth-order valence-electron chi connectivity index (χ4n) is 2.57. The Bertz CT molecular complexity index is 473. The van der Waals surface area contributed by atoms with Crippen LogP contribution in [0.3, 0.4) is 0 Å². The number of likely N-dealkylation sites (tertiary alicyclic amines) is 1. The molecule has 0 radical (unpaired) electrons. The average Bonchev–Trinajstić information content (AvgIpc) is 2.52. The summed E-state index contributed by atoms with van der Waals surface area (Å²) in [5.41, 5.74) is 0. The van der Waals surface area contributed by atoms with E-state index in [1.807, 2.05) is 12.1 Å². The average molecular weight is 325 g/mol. The van der Waals surface area contributed by atoms with Crippen molar-refractivity contribution >= 4 is 17.5 Å². The molecule has 0 unspecified atom stereocenters. The first-order valence-corrected chi connectivity index (χ1v) is 8.39. The van der Waals surface area contributed by atoms with Crippen molar-refractivity contribution in [3.05, 3.63) is 29.3 Å². The molecule has 0 aromatic heterocycles. The molecule has 1 saturated heterocycles. The van der Waals surface area contributed by atoms with E-state index in [4.69, 9.17) is 16.3 Å². The highest BCUT2D eigenvalue weighted by molar-refractivity contribution is 6.32. The molecule has 0 spiro atoms. The number of piperidine rings is 1. The minimum Gasteiger partial charge on any atom is -0.482 e. The monoisotopic (exact) mass is 324 g/mol. The number of amides is 1. The first kappa shape index (κ1) is 17.1. The Kier molecular flexibility index (Phi) is 7.00. The lowest BCUT2D eigenvalue weighted by Gasteiger charge is -2.30. The third-order valence-corrected chi connectivity index (χ3v) is 4.36. The van der Waals surface area contributed by atoms with Gasteiger partial charge in [0.1, 0.15) is 5.75 Å². The zero-order chi connectivity index (χ0) is 15.8. The van der Waals surface area contributed by atoms with Crippen molar-refractivity contribution in [1.82, 2.24) is 10.2 Å². The Morgan fingerprint density at radius 3 is 2.82 bits per heavy atom. The third-order valence-electron chi connectivity index (χ3n) is 4.04. The van der Waals surface area contributed by atoms with Crippen LogP contribution in [0.1, 0.15) is 26.2 Å². The first-order valence-electron chi connectivity index (χ1n) is 8.01. The number of nitrogens with one attached hydrogen (secondary N) is 1. The number of halogens is 1. The van der Waals surface area contributed by atoms with E-state index < -0.39 is 0 Å². The molecule has 5 heteroatoms. The van der Waals surface area contributed by atoms with E-state index in [1.54, 1.807) is 12.1 Å². The van der Waals surface area contributed by atoms with Crippen LogP contribution in [0, 0.1) is 5.92 Å². The third kappa shape index (κ3) is 5.85. The van der Waals surface area contributed by atoms with Crippen LogP contribution in [0.25, 0.3) is 0 Å². The molecule has 4 nitrogen and oxygen atoms in total. The molecule has 1 amide bonds. The summed E-state index contributed by atoms with van der Waals surface area (Å²) in [4.78, 5) is 14.2. The van der Waals surface area contributed by atoms with Crippen molar-refractivity contribution in [1.29, 1.82) is 0 Å². The standard InChI is InChI=1S/C17H25ClN2O2/c1-14-7-11-20(12-8-14)10-4-9-19-17(21)13-22-16-6-3-2-5-15(16)18/h2-3,5-6,14H,4,7-13H2,1H3,(H,19,21). The Labute approximate surface area is 137 Å². The van der Waals surface area contributed by atoms with Crippen LogP contribution in [0.15, 0.2) is 24.3 Å². The summed E-state index contributed by atoms with van der Waals surface area (Å²) in [5.74, 6) is 1.30. The first-order chi connectivity index (χ1) is 10.6. The van der Waals surface area contributed by atoms with Gasteiger partial charge in [0.25, 0.3) is 5.91 Å². The van der Waals surface area contributed by atoms with Crippen LogP contribution in [-0.2, 0) is 4.79 Å². The van der Waals surface area contributed by atoms with Gasteiger partial charge >= 0.3 is 0 Å². The van der Waals surface area contributed by atoms with E-state index in [-0.39, 0.29) is 12.5 Å². The number of rotatable bonds is 7. The molecular formula is C17H25ClN2O2. The Morgan fingerprint density at radius 1 is 1.36 bits per heavy atom. The van der Waals surface area contributed by atoms with Gasteiger partial charge in [0.2, 0.25) is 0 Å². The lowest BCUT2D eigenvalue weighted by molar-refractivity contribution is -0.123. The minimum absolute atomic E-state index is 0.00492. The lowest BCUT2D eigenvalue weighted by atomic mass is 9.99. The molecule has 2 rings (SSSR count). The molecule has 1 heterocycles. The summed E-state index contributed by atoms with van der Waals surface area (Å²) in [6, 6.07) is 7.16. The van der Waals surface area contributed by atoms with Gasteiger partial charge in [-0.2, -0.15) is 0 Å². The molecular weight excluding hydrogens is 300 g/mol. The topological polar surface area (TPSA) is 41.6 Å². The van der Waals surface area contributed by atoms with Gasteiger partial charge in [0.05, 0.1) is 5.02 Å². The highest BCUT2D eigenvalue weighted by Crippen LogP contribution is 2.22. The van der Waals surface area contributed by atoms with E-state index in [1.165, 1.54) is 25.9 Å². The lowest BCUT2D eigenvalue weighted by Crippen LogP contribution is -2.36. The van der Waals surface area contributed by atoms with Crippen molar-refractivity contribution in [2.24, 2.45) is 5.92 Å². The number of para-hydroxylation sites is 1. The van der Waals surface area contributed by atoms with Crippen LogP contribution in [0.5, 0.6) is 5.75 Å². The summed E-state index contributed by atoms with van der Waals surface area (Å²) in [6.45, 7) is 6.44. The Balaban J connectivity index is 1.55. The predicted octanol–water partition coefficient (Wildman–Crippen LogP) is 2.96. The molecule has 1 aromatic carbocycles. The number of carbonyl (C=O) groups excluding carboxylic acids is 1. The van der Waals surface area contributed by atoms with Crippen molar-refractivity contribution in [2.45, 2.75) is 26.2 Å². The molecule has 1 aromatic rings. The highest BCUT2D eigenvalue weighted by Gasteiger charge is 2.14. The predicted molar refractivity (Wildman–Crippen MR) is 89.4 cm³/mol. The molecule has 0 atom stereocenters. The number of benzene rings is 1. The fraction of sp³-hybridized carbons (Fsp3) is 0.588. The van der Waals surface area contributed by atoms with Crippen molar-refractivity contribution in [3.8, 4) is 5.75 Å². The number of hydrogen-bond acceptors (Lipinski definition) is 3. The number of hydrogen-bond donors (Lipinski definition) is 1. The molecule has 1 aliphatic rings. The molecule has 1 aliphatic heterocycles. The van der Waals surface area contributed by atoms with Crippen molar-refractivity contribution in [3.63, 3.8) is 0 Å². The molecule has 0 saturated carbocycles. The van der Waals surface area contributed by atoms with Crippen LogP contribution >= 0.6 is 11.6 Å². The van der Waals surface area contributed by atoms with Gasteiger partial charge in [-0.1, -0.05) is 30.7 Å². The number of nitrogens with zero attached hydrogens (tertiary/aromatic N) is 1. The van der Waals surface area contributed by atoms with Gasteiger partial charge in [-0.15, -0.1) is 0 Å². The van der Waals surface area contributed by atoms with E-state index in [0.717, 1.165) is 18.9 Å². The van der Waals surface area contributed by atoms with Crippen molar-refractivity contribution in [2.75, 3.05) is 32.8 Å². The Morgan fingerprint density at radius 2 is 2.09 bits per heavy atom. The van der Waals surface area contributed by atoms with Gasteiger partial charge in [-0.25, -0.2) is 0 Å². The van der Waals surface area contributed by atoms with Crippen LogP contribution < -0.4 is 10.1 Å². The normalized spacial score (nSPS) is 16.5. The van der Waals surface area contributed by atoms with E-state index >= 15 is 0 Å². The zero-order valence-electron chi connectivity index (χ0n) is 13.2. The van der Waals surface area contributed by atoms with E-state index in [0.29, 0.717) is 17.3 Å². The zero-order valence-corrected chi connectivity index (χ0v) is 13.9. The van der Waals surface area contributed by atoms with Gasteiger partial charge in [0.15, 0.2) is 6.61 Å². The highest BCUT2D eigenvalue weighted by atomic mass is 35.5. The second kappa shape index (κ2) is 9.01. The quantitative estimate of drug-likeness (QED) is 0.784. The number of carbonyl (C=O) groups is 1. The second-order valence-electron chi connectivity index (χ2n) is 5.95. The maximum Gasteiger partial charge on any atom is 0.257 e. The van der Waals surface area contributed by atoms with Gasteiger partial charge < -0.3 is 15.0 Å². The van der Waals surface area contributed by atoms with Gasteiger partial charge in [0, 0.05) is 6.54 Å². The molecule has 22 heavy (non-hydrogen) atoms. The molecule has 0 bridgehead atoms. The maximum atomic E-state index is 11.7. The number of ether oxygens (including phenoxy) is 1. The van der Waals surface area contributed by atoms with E-state index in [2.05, 4.69) is 17.1 Å². The van der Waals surface area contributed by atoms with Crippen LogP contribution in [-0.4, -0.2) is 43.6 Å². The maximum absolute atomic E-state index is 11.7. The summed E-state index contributed by atoms with van der Waals surface area (Å²) in [7, 11) is 0. The molecule has 1 N–H and O–H groups in total. The Hall–Kier alpha value is -1.26. The van der Waals surface area contributed by atoms with Crippen LogP contribution in [0.4, 0.5) is 0 Å². The van der Waals surface area contributed by atoms with Gasteiger partial charge in [-0.3, -0.25) is 4.79 Å². The van der Waals surface area contributed by atoms with Gasteiger partial charge in [-0.05, 0) is 56.9 Å². The summed E-state index contributed by atoms with van der Waals surface area (Å²) >= 11 is 5.97. The summed E-state index contributed by atoms with van der Waals surface area (Å²) in [5, 5.41) is 3.41. The largest absolute Gasteiger partial charge is 0.482 e. The van der Waals surface area contributed by atoms with Crippen molar-refractivity contribution < 1.29 is 9.53 Å². The van der Waals surface area contributed by atoms with Crippen LogP contribution in [0.2, 0.25) is 5.02 Å². The molecule has 1 fully saturated rings. The molecule has 0 aliphatic carbocycles. The minimum atomic E-state index is -0.104.